The van der Waals surface area contributed by atoms with Crippen molar-refractivity contribution < 1.29 is 0 Å². The molecule has 72 valence electrons. The van der Waals surface area contributed by atoms with Gasteiger partial charge in [0.2, 0.25) is 0 Å². The molecular weight excluding hydrogens is 228 g/mol. The van der Waals surface area contributed by atoms with Crippen molar-refractivity contribution in [1.29, 1.82) is 0 Å². The average Bonchev–Trinajstić information content (AvgIpc) is 2.32. The molecule has 0 N–H and O–H groups in total. The zero-order valence-electron chi connectivity index (χ0n) is 8.34. The molecule has 0 bridgehead atoms. The first kappa shape index (κ1) is 10.5. The van der Waals surface area contributed by atoms with Crippen LogP contribution in [0.5, 0.6) is 0 Å². The van der Waals surface area contributed by atoms with Gasteiger partial charge < -0.3 is 0 Å². The smallest absolute Gasteiger partial charge is 0.0668 e. The lowest BCUT2D eigenvalue weighted by molar-refractivity contribution is 0.731. The van der Waals surface area contributed by atoms with Crippen LogP contribution in [0.3, 0.4) is 0 Å². The fourth-order valence-electron chi connectivity index (χ4n) is 1.30. The van der Waals surface area contributed by atoms with Crippen LogP contribution in [0.1, 0.15) is 23.4 Å². The van der Waals surface area contributed by atoms with E-state index in [0.717, 1.165) is 17.4 Å². The molecule has 3 heteroatoms. The largest absolute Gasteiger partial charge is 0.272 e. The lowest BCUT2D eigenvalue weighted by Gasteiger charge is -1.93. The highest BCUT2D eigenvalue weighted by molar-refractivity contribution is 9.09. The molecule has 0 aromatic carbocycles. The van der Waals surface area contributed by atoms with E-state index in [9.17, 15) is 0 Å². The molecule has 0 fully saturated rings. The fourth-order valence-corrected chi connectivity index (χ4v) is 1.56. The summed E-state index contributed by atoms with van der Waals surface area (Å²) in [5.41, 5.74) is 3.58. The van der Waals surface area contributed by atoms with Crippen LogP contribution in [0.4, 0.5) is 0 Å². The molecule has 0 aliphatic carbocycles. The van der Waals surface area contributed by atoms with Gasteiger partial charge in [-0.3, -0.25) is 4.68 Å². The van der Waals surface area contributed by atoms with Gasteiger partial charge in [0.15, 0.2) is 0 Å². The van der Waals surface area contributed by atoms with E-state index in [0.29, 0.717) is 0 Å². The van der Waals surface area contributed by atoms with Crippen molar-refractivity contribution in [3.8, 4) is 0 Å². The zero-order valence-corrected chi connectivity index (χ0v) is 9.93. The minimum atomic E-state index is 1.02. The van der Waals surface area contributed by atoms with Crippen molar-refractivity contribution in [3.63, 3.8) is 0 Å². The Hall–Kier alpha value is -0.570. The van der Waals surface area contributed by atoms with Crippen LogP contribution in [0.15, 0.2) is 6.08 Å². The molecule has 1 heterocycles. The predicted octanol–water partition coefficient (Wildman–Crippen LogP) is 2.84. The van der Waals surface area contributed by atoms with Crippen LogP contribution < -0.4 is 0 Å². The van der Waals surface area contributed by atoms with Gasteiger partial charge >= 0.3 is 0 Å². The number of hydrogen-bond donors (Lipinski definition) is 0. The molecule has 0 spiro atoms. The maximum atomic E-state index is 4.34. The summed E-state index contributed by atoms with van der Waals surface area (Å²) in [4.78, 5) is 0. The SMILES string of the molecule is Cc1nn(C)c(C)c1C=CCCBr. The lowest BCUT2D eigenvalue weighted by Crippen LogP contribution is -1.92. The van der Waals surface area contributed by atoms with E-state index in [1.54, 1.807) is 0 Å². The summed E-state index contributed by atoms with van der Waals surface area (Å²) in [6.07, 6.45) is 5.39. The Bertz CT molecular complexity index is 313. The Kier molecular flexibility index (Phi) is 3.72. The van der Waals surface area contributed by atoms with Crippen LogP contribution in [0.25, 0.3) is 6.08 Å². The Labute approximate surface area is 87.8 Å². The van der Waals surface area contributed by atoms with Gasteiger partial charge in [0.1, 0.15) is 0 Å². The van der Waals surface area contributed by atoms with Crippen molar-refractivity contribution in [2.45, 2.75) is 20.3 Å². The minimum Gasteiger partial charge on any atom is -0.272 e. The fraction of sp³-hybridized carbons (Fsp3) is 0.500. The second-order valence-corrected chi connectivity index (χ2v) is 3.88. The average molecular weight is 243 g/mol. The van der Waals surface area contributed by atoms with Crippen molar-refractivity contribution in [3.05, 3.63) is 23.0 Å². The number of rotatable bonds is 3. The summed E-state index contributed by atoms with van der Waals surface area (Å²) in [5, 5.41) is 5.36. The molecular formula is C10H15BrN2. The summed E-state index contributed by atoms with van der Waals surface area (Å²) < 4.78 is 1.92. The van der Waals surface area contributed by atoms with E-state index >= 15 is 0 Å². The van der Waals surface area contributed by atoms with Gasteiger partial charge in [0.25, 0.3) is 0 Å². The predicted molar refractivity (Wildman–Crippen MR) is 60.1 cm³/mol. The highest BCUT2D eigenvalue weighted by Crippen LogP contribution is 2.13. The van der Waals surface area contributed by atoms with Crippen LogP contribution >= 0.6 is 15.9 Å². The Balaban J connectivity index is 2.87. The number of nitrogens with zero attached hydrogens (tertiary/aromatic N) is 2. The van der Waals surface area contributed by atoms with Crippen LogP contribution in [0, 0.1) is 13.8 Å². The molecule has 1 aromatic heterocycles. The van der Waals surface area contributed by atoms with Gasteiger partial charge in [-0.15, -0.1) is 0 Å². The molecule has 13 heavy (non-hydrogen) atoms. The Morgan fingerprint density at radius 2 is 2.15 bits per heavy atom. The van der Waals surface area contributed by atoms with Crippen molar-refractivity contribution in [1.82, 2.24) is 9.78 Å². The Morgan fingerprint density at radius 1 is 1.46 bits per heavy atom. The second-order valence-electron chi connectivity index (χ2n) is 3.09. The van der Waals surface area contributed by atoms with Crippen LogP contribution in [0.2, 0.25) is 0 Å². The first-order valence-electron chi connectivity index (χ1n) is 4.39. The normalized spacial score (nSPS) is 11.4. The highest BCUT2D eigenvalue weighted by atomic mass is 79.9. The maximum absolute atomic E-state index is 4.34. The van der Waals surface area contributed by atoms with Gasteiger partial charge in [-0.05, 0) is 20.3 Å². The number of halogens is 1. The first-order valence-corrected chi connectivity index (χ1v) is 5.51. The van der Waals surface area contributed by atoms with E-state index in [-0.39, 0.29) is 0 Å². The molecule has 0 saturated heterocycles. The van der Waals surface area contributed by atoms with Crippen molar-refractivity contribution >= 4 is 22.0 Å². The van der Waals surface area contributed by atoms with Crippen LogP contribution in [-0.4, -0.2) is 15.1 Å². The third-order valence-electron chi connectivity index (χ3n) is 2.13. The molecule has 2 nitrogen and oxygen atoms in total. The van der Waals surface area contributed by atoms with Gasteiger partial charge in [-0.2, -0.15) is 5.10 Å². The quantitative estimate of drug-likeness (QED) is 0.746. The highest BCUT2D eigenvalue weighted by Gasteiger charge is 2.04. The standard InChI is InChI=1S/C10H15BrN2/c1-8-10(6-4-5-7-11)9(2)13(3)12-8/h4,6H,5,7H2,1-3H3. The lowest BCUT2D eigenvalue weighted by atomic mass is 10.2. The second kappa shape index (κ2) is 4.61. The summed E-state index contributed by atoms with van der Waals surface area (Å²) in [6, 6.07) is 0. The molecule has 0 atom stereocenters. The van der Waals surface area contributed by atoms with E-state index in [2.05, 4.69) is 40.1 Å². The first-order chi connectivity index (χ1) is 6.16. The molecule has 1 rings (SSSR count). The van der Waals surface area contributed by atoms with Gasteiger partial charge in [-0.1, -0.05) is 28.1 Å². The molecule has 0 radical (unpaired) electrons. The zero-order chi connectivity index (χ0) is 9.84. The van der Waals surface area contributed by atoms with E-state index in [4.69, 9.17) is 0 Å². The third kappa shape index (κ3) is 2.44. The van der Waals surface area contributed by atoms with Crippen molar-refractivity contribution in [2.24, 2.45) is 7.05 Å². The molecule has 0 unspecified atom stereocenters. The molecule has 0 saturated carbocycles. The topological polar surface area (TPSA) is 17.8 Å². The summed E-state index contributed by atoms with van der Waals surface area (Å²) in [5.74, 6) is 0. The summed E-state index contributed by atoms with van der Waals surface area (Å²) in [6.45, 7) is 4.13. The number of alkyl halides is 1. The van der Waals surface area contributed by atoms with Gasteiger partial charge in [0.05, 0.1) is 5.69 Å². The molecule has 0 amide bonds. The minimum absolute atomic E-state index is 1.02. The molecule has 0 aliphatic rings. The number of hydrogen-bond acceptors (Lipinski definition) is 1. The van der Waals surface area contributed by atoms with E-state index < -0.39 is 0 Å². The Morgan fingerprint density at radius 3 is 2.62 bits per heavy atom. The number of allylic oxidation sites excluding steroid dienone is 1. The van der Waals surface area contributed by atoms with Crippen molar-refractivity contribution in [2.75, 3.05) is 5.33 Å². The van der Waals surface area contributed by atoms with E-state index in [1.807, 2.05) is 18.7 Å². The third-order valence-corrected chi connectivity index (χ3v) is 2.58. The summed E-state index contributed by atoms with van der Waals surface area (Å²) >= 11 is 3.39. The van der Waals surface area contributed by atoms with Gasteiger partial charge in [-0.25, -0.2) is 0 Å². The monoisotopic (exact) mass is 242 g/mol. The maximum Gasteiger partial charge on any atom is 0.0668 e. The number of aryl methyl sites for hydroxylation is 2. The van der Waals surface area contributed by atoms with Gasteiger partial charge in [0, 0.05) is 23.6 Å². The number of aromatic nitrogens is 2. The molecule has 0 aliphatic heterocycles. The molecule has 1 aromatic rings. The van der Waals surface area contributed by atoms with Crippen LogP contribution in [-0.2, 0) is 7.05 Å². The van der Waals surface area contributed by atoms with E-state index in [1.165, 1.54) is 11.3 Å². The summed E-state index contributed by atoms with van der Waals surface area (Å²) in [7, 11) is 1.98.